The molecule has 0 bridgehead atoms. The Hall–Kier alpha value is -2.81. The minimum Gasteiger partial charge on any atom is -0.463 e. The van der Waals surface area contributed by atoms with E-state index in [9.17, 15) is 19.5 Å². The summed E-state index contributed by atoms with van der Waals surface area (Å²) in [6, 6.07) is 0. The quantitative estimate of drug-likeness (QED) is 0.107. The van der Waals surface area contributed by atoms with Crippen molar-refractivity contribution in [2.24, 2.45) is 5.92 Å². The molecule has 47 heavy (non-hydrogen) atoms. The van der Waals surface area contributed by atoms with E-state index in [0.717, 1.165) is 11.1 Å². The molecule has 0 saturated carbocycles. The van der Waals surface area contributed by atoms with Crippen molar-refractivity contribution >= 4 is 26.0 Å². The van der Waals surface area contributed by atoms with Crippen molar-refractivity contribution in [3.05, 3.63) is 71.9 Å². The first-order valence-corrected chi connectivity index (χ1v) is 19.6. The van der Waals surface area contributed by atoms with Crippen LogP contribution in [0.5, 0.6) is 0 Å². The number of carbonyl (C=O) groups is 3. The van der Waals surface area contributed by atoms with Gasteiger partial charge in [-0.2, -0.15) is 0 Å². The molecule has 1 rings (SSSR count). The fourth-order valence-corrected chi connectivity index (χ4v) is 11.9. The van der Waals surface area contributed by atoms with Gasteiger partial charge in [0.05, 0.1) is 18.8 Å². The summed E-state index contributed by atoms with van der Waals surface area (Å²) in [6.07, 6.45) is 19.0. The number of aliphatic hydroxyl groups excluding tert-OH is 1. The highest BCUT2D eigenvalue weighted by Crippen LogP contribution is 2.43. The molecule has 8 heteroatoms. The van der Waals surface area contributed by atoms with Gasteiger partial charge in [0.15, 0.2) is 5.78 Å². The lowest BCUT2D eigenvalue weighted by atomic mass is 9.95. The predicted molar refractivity (Wildman–Crippen MR) is 194 cm³/mol. The summed E-state index contributed by atoms with van der Waals surface area (Å²) in [4.78, 5) is 37.3. The summed E-state index contributed by atoms with van der Waals surface area (Å²) in [5.41, 5.74) is 2.94. The van der Waals surface area contributed by atoms with Crippen LogP contribution in [-0.2, 0) is 28.3 Å². The van der Waals surface area contributed by atoms with Gasteiger partial charge in [-0.05, 0) is 69.2 Å². The highest BCUT2D eigenvalue weighted by Gasteiger charge is 2.47. The molecule has 0 unspecified atom stereocenters. The van der Waals surface area contributed by atoms with E-state index in [1.54, 1.807) is 31.2 Å². The first-order chi connectivity index (χ1) is 22.1. The van der Waals surface area contributed by atoms with E-state index < -0.39 is 38.6 Å². The molecule has 0 aliphatic carbocycles. The largest absolute Gasteiger partial charge is 0.463 e. The molecule has 0 fully saturated rings. The zero-order chi connectivity index (χ0) is 35.6. The van der Waals surface area contributed by atoms with Crippen LogP contribution < -0.4 is 0 Å². The molecule has 1 aliphatic rings. The van der Waals surface area contributed by atoms with Gasteiger partial charge in [0.25, 0.3) is 0 Å². The second kappa shape index (κ2) is 21.9. The van der Waals surface area contributed by atoms with Gasteiger partial charge in [0, 0.05) is 30.9 Å². The van der Waals surface area contributed by atoms with E-state index in [-0.39, 0.29) is 11.7 Å². The fraction of sp³-hybridized carbons (Fsp3) is 0.615. The molecule has 7 nitrogen and oxygen atoms in total. The summed E-state index contributed by atoms with van der Waals surface area (Å²) in [5, 5.41) is 11.4. The molecule has 1 heterocycles. The normalized spacial score (nSPS) is 25.7. The fourth-order valence-electron chi connectivity index (χ4n) is 6.39. The van der Waals surface area contributed by atoms with Gasteiger partial charge < -0.3 is 19.0 Å². The van der Waals surface area contributed by atoms with Crippen LogP contribution in [0.25, 0.3) is 0 Å². The third-order valence-electron chi connectivity index (χ3n) is 8.76. The van der Waals surface area contributed by atoms with Gasteiger partial charge in [-0.15, -0.1) is 0 Å². The first kappa shape index (κ1) is 42.2. The molecule has 0 aromatic rings. The molecule has 1 N–H and O–H groups in total. The molecule has 264 valence electrons. The van der Waals surface area contributed by atoms with Crippen molar-refractivity contribution < 1.29 is 33.4 Å². The Morgan fingerprint density at radius 1 is 1.02 bits per heavy atom. The van der Waals surface area contributed by atoms with Crippen molar-refractivity contribution in [2.45, 2.75) is 143 Å². The number of esters is 2. The van der Waals surface area contributed by atoms with Crippen LogP contribution >= 0.6 is 0 Å². The molecule has 1 aliphatic heterocycles. The van der Waals surface area contributed by atoms with Crippen LogP contribution in [0, 0.1) is 5.92 Å². The minimum atomic E-state index is -2.31. The molecular weight excluding hydrogens is 609 g/mol. The number of rotatable bonds is 10. The number of carbonyl (C=O) groups excluding carboxylic acids is 3. The van der Waals surface area contributed by atoms with E-state index in [1.165, 1.54) is 12.2 Å². The van der Waals surface area contributed by atoms with Crippen molar-refractivity contribution in [3.63, 3.8) is 0 Å². The maximum atomic E-state index is 12.8. The van der Waals surface area contributed by atoms with Crippen molar-refractivity contribution in [1.29, 1.82) is 0 Å². The van der Waals surface area contributed by atoms with Crippen LogP contribution in [-0.4, -0.2) is 56.1 Å². The monoisotopic (exact) mass is 670 g/mol. The SMILES string of the molecule is CCOC(=O)/C=C/C(C)=C/[C@H](C)[C@@H]1C/C(C)=C/C=C/CC[C@@H](O)[C@H](O[Si](C(C)C)(C(C)C)C(C)C)/C=C/C(=O)CCC/C=C/C(=O)O1. The summed E-state index contributed by atoms with van der Waals surface area (Å²) < 4.78 is 17.8. The maximum absolute atomic E-state index is 12.8. The average molecular weight is 671 g/mol. The average Bonchev–Trinajstić information content (AvgIpc) is 2.98. The van der Waals surface area contributed by atoms with E-state index >= 15 is 0 Å². The zero-order valence-electron chi connectivity index (χ0n) is 30.7. The Balaban J connectivity index is 3.28. The number of ketones is 1. The van der Waals surface area contributed by atoms with Gasteiger partial charge in [-0.3, -0.25) is 4.79 Å². The van der Waals surface area contributed by atoms with Gasteiger partial charge >= 0.3 is 11.9 Å². The highest BCUT2D eigenvalue weighted by molar-refractivity contribution is 6.77. The number of aliphatic hydroxyl groups is 1. The lowest BCUT2D eigenvalue weighted by Gasteiger charge is -2.45. The van der Waals surface area contributed by atoms with Gasteiger partial charge in [-0.25, -0.2) is 9.59 Å². The highest BCUT2D eigenvalue weighted by atomic mass is 28.4. The Morgan fingerprint density at radius 2 is 1.68 bits per heavy atom. The van der Waals surface area contributed by atoms with Gasteiger partial charge in [0.2, 0.25) is 8.32 Å². The summed E-state index contributed by atoms with van der Waals surface area (Å²) >= 11 is 0. The van der Waals surface area contributed by atoms with Crippen LogP contribution in [0.1, 0.15) is 108 Å². The first-order valence-electron chi connectivity index (χ1n) is 17.4. The van der Waals surface area contributed by atoms with E-state index in [0.29, 0.717) is 61.8 Å². The summed E-state index contributed by atoms with van der Waals surface area (Å²) in [7, 11) is -2.31. The third-order valence-corrected chi connectivity index (χ3v) is 14.9. The molecular formula is C39H62O7Si. The Bertz CT molecular complexity index is 1150. The zero-order valence-corrected chi connectivity index (χ0v) is 31.7. The molecule has 4 atom stereocenters. The topological polar surface area (TPSA) is 99.1 Å². The second-order valence-electron chi connectivity index (χ2n) is 13.6. The molecule has 0 aromatic heterocycles. The number of hydrogen-bond donors (Lipinski definition) is 1. The molecule has 0 spiro atoms. The standard InChI is InChI=1S/C39H62O7Si/c1-11-44-38(42)25-22-32(9)26-33(10)37-27-31(8)18-14-12-16-20-35(41)36(46-47(28(2)3,29(4)5)30(6)7)24-23-34(40)19-15-13-17-21-39(43)45-37/h12,14,17-18,21-26,28-30,33,35-37,41H,11,13,15-16,19-20,27H2,1-10H3/b14-12+,21-17+,24-23+,25-22+,31-18+,32-26+/t33-,35+,36+,37-/m0/s1. The van der Waals surface area contributed by atoms with Crippen molar-refractivity contribution in [1.82, 2.24) is 0 Å². The van der Waals surface area contributed by atoms with Crippen molar-refractivity contribution in [2.75, 3.05) is 6.61 Å². The summed E-state index contributed by atoms with van der Waals surface area (Å²) in [6.45, 7) is 21.2. The number of allylic oxidation sites excluding steroid dienone is 7. The summed E-state index contributed by atoms with van der Waals surface area (Å²) in [5.74, 6) is -0.988. The molecule has 0 aromatic carbocycles. The smallest absolute Gasteiger partial charge is 0.330 e. The second-order valence-corrected chi connectivity index (χ2v) is 19.0. The molecule has 0 radical (unpaired) electrons. The number of ether oxygens (including phenoxy) is 2. The van der Waals surface area contributed by atoms with E-state index in [1.807, 2.05) is 45.1 Å². The van der Waals surface area contributed by atoms with Crippen LogP contribution in [0.15, 0.2) is 71.9 Å². The maximum Gasteiger partial charge on any atom is 0.330 e. The van der Waals surface area contributed by atoms with Crippen LogP contribution in [0.3, 0.4) is 0 Å². The lowest BCUT2D eigenvalue weighted by molar-refractivity contribution is -0.144. The number of hydrogen-bond acceptors (Lipinski definition) is 7. The van der Waals surface area contributed by atoms with E-state index in [4.69, 9.17) is 13.9 Å². The Labute approximate surface area is 286 Å². The molecule has 0 saturated heterocycles. The third kappa shape index (κ3) is 15.3. The lowest BCUT2D eigenvalue weighted by Crippen LogP contribution is -2.52. The number of cyclic esters (lactones) is 1. The van der Waals surface area contributed by atoms with Gasteiger partial charge in [-0.1, -0.05) is 102 Å². The predicted octanol–water partition coefficient (Wildman–Crippen LogP) is 9.06. The van der Waals surface area contributed by atoms with Crippen molar-refractivity contribution in [3.8, 4) is 0 Å². The van der Waals surface area contributed by atoms with Crippen LogP contribution in [0.4, 0.5) is 0 Å². The Kier molecular flexibility index (Phi) is 19.7. The molecule has 0 amide bonds. The minimum absolute atomic E-state index is 0.0318. The van der Waals surface area contributed by atoms with Gasteiger partial charge in [0.1, 0.15) is 6.10 Å². The Morgan fingerprint density at radius 3 is 2.30 bits per heavy atom. The van der Waals surface area contributed by atoms with E-state index in [2.05, 4.69) is 41.5 Å². The van der Waals surface area contributed by atoms with Crippen LogP contribution in [0.2, 0.25) is 16.6 Å².